The minimum absolute atomic E-state index is 0.334. The highest BCUT2D eigenvalue weighted by atomic mass is 15.3. The van der Waals surface area contributed by atoms with Gasteiger partial charge in [-0.3, -0.25) is 4.68 Å². The molecule has 3 heteroatoms. The maximum atomic E-state index is 4.48. The summed E-state index contributed by atoms with van der Waals surface area (Å²) < 4.78 is 1.99. The Hall–Kier alpha value is -0.830. The van der Waals surface area contributed by atoms with Crippen molar-refractivity contribution in [3.05, 3.63) is 18.0 Å². The van der Waals surface area contributed by atoms with Crippen molar-refractivity contribution in [3.8, 4) is 0 Å². The molecule has 0 aliphatic carbocycles. The molecule has 0 aliphatic heterocycles. The first kappa shape index (κ1) is 12.2. The SMILES string of the molecule is CC(C)n1ccc(CNCC(C)(C)C)n1. The van der Waals surface area contributed by atoms with E-state index in [0.717, 1.165) is 18.8 Å². The van der Waals surface area contributed by atoms with Gasteiger partial charge in [0.05, 0.1) is 5.69 Å². The second-order valence-electron chi connectivity index (χ2n) is 5.55. The van der Waals surface area contributed by atoms with Crippen LogP contribution in [0.1, 0.15) is 46.4 Å². The van der Waals surface area contributed by atoms with Gasteiger partial charge in [-0.05, 0) is 25.3 Å². The fourth-order valence-corrected chi connectivity index (χ4v) is 1.32. The van der Waals surface area contributed by atoms with Gasteiger partial charge in [0.15, 0.2) is 0 Å². The summed E-state index contributed by atoms with van der Waals surface area (Å²) in [6.45, 7) is 12.8. The van der Waals surface area contributed by atoms with Crippen molar-refractivity contribution in [2.45, 2.75) is 47.2 Å². The summed E-state index contributed by atoms with van der Waals surface area (Å²) in [6.07, 6.45) is 2.04. The lowest BCUT2D eigenvalue weighted by Crippen LogP contribution is -2.26. The molecule has 0 aliphatic rings. The van der Waals surface area contributed by atoms with Crippen LogP contribution in [0.25, 0.3) is 0 Å². The summed E-state index contributed by atoms with van der Waals surface area (Å²) in [5.74, 6) is 0. The Kier molecular flexibility index (Phi) is 3.91. The van der Waals surface area contributed by atoms with Crippen molar-refractivity contribution in [3.63, 3.8) is 0 Å². The van der Waals surface area contributed by atoms with Gasteiger partial charge in [0.25, 0.3) is 0 Å². The highest BCUT2D eigenvalue weighted by Crippen LogP contribution is 2.10. The van der Waals surface area contributed by atoms with Gasteiger partial charge in [-0.1, -0.05) is 20.8 Å². The van der Waals surface area contributed by atoms with E-state index >= 15 is 0 Å². The van der Waals surface area contributed by atoms with E-state index in [4.69, 9.17) is 0 Å². The van der Waals surface area contributed by atoms with E-state index < -0.39 is 0 Å². The Balaban J connectivity index is 2.38. The molecule has 0 atom stereocenters. The second-order valence-corrected chi connectivity index (χ2v) is 5.55. The Bertz CT molecular complexity index is 294. The van der Waals surface area contributed by atoms with E-state index in [1.165, 1.54) is 0 Å². The van der Waals surface area contributed by atoms with E-state index in [1.54, 1.807) is 0 Å². The van der Waals surface area contributed by atoms with Gasteiger partial charge in [-0.15, -0.1) is 0 Å². The maximum Gasteiger partial charge on any atom is 0.0762 e. The minimum Gasteiger partial charge on any atom is -0.311 e. The molecule has 0 amide bonds. The van der Waals surface area contributed by atoms with Crippen LogP contribution >= 0.6 is 0 Å². The first-order chi connectivity index (χ1) is 6.88. The van der Waals surface area contributed by atoms with Crippen molar-refractivity contribution in [1.29, 1.82) is 0 Å². The summed E-state index contributed by atoms with van der Waals surface area (Å²) >= 11 is 0. The van der Waals surface area contributed by atoms with E-state index in [-0.39, 0.29) is 0 Å². The third-order valence-corrected chi connectivity index (χ3v) is 2.15. The van der Waals surface area contributed by atoms with Gasteiger partial charge in [0.2, 0.25) is 0 Å². The van der Waals surface area contributed by atoms with Gasteiger partial charge in [0.1, 0.15) is 0 Å². The lowest BCUT2D eigenvalue weighted by Gasteiger charge is -2.18. The monoisotopic (exact) mass is 209 g/mol. The van der Waals surface area contributed by atoms with Crippen molar-refractivity contribution in [2.24, 2.45) is 5.41 Å². The van der Waals surface area contributed by atoms with Gasteiger partial charge in [-0.25, -0.2) is 0 Å². The average molecular weight is 209 g/mol. The Labute approximate surface area is 92.9 Å². The van der Waals surface area contributed by atoms with Gasteiger partial charge < -0.3 is 5.32 Å². The molecule has 0 radical (unpaired) electrons. The molecule has 0 spiro atoms. The first-order valence-electron chi connectivity index (χ1n) is 5.63. The van der Waals surface area contributed by atoms with Crippen molar-refractivity contribution >= 4 is 0 Å². The molecule has 1 heterocycles. The molecular formula is C12H23N3. The van der Waals surface area contributed by atoms with Crippen LogP contribution in [-0.2, 0) is 6.54 Å². The third-order valence-electron chi connectivity index (χ3n) is 2.15. The number of rotatable bonds is 4. The summed E-state index contributed by atoms with van der Waals surface area (Å²) in [5, 5.41) is 7.90. The molecule has 3 nitrogen and oxygen atoms in total. The molecule has 1 aromatic heterocycles. The Morgan fingerprint density at radius 1 is 1.40 bits per heavy atom. The van der Waals surface area contributed by atoms with E-state index in [1.807, 2.05) is 10.9 Å². The molecule has 0 fully saturated rings. The molecule has 0 unspecified atom stereocenters. The lowest BCUT2D eigenvalue weighted by molar-refractivity contribution is 0.377. The van der Waals surface area contributed by atoms with Crippen LogP contribution in [0.2, 0.25) is 0 Å². The number of hydrogen-bond acceptors (Lipinski definition) is 2. The topological polar surface area (TPSA) is 29.9 Å². The Morgan fingerprint density at radius 2 is 2.07 bits per heavy atom. The summed E-state index contributed by atoms with van der Waals surface area (Å²) in [7, 11) is 0. The van der Waals surface area contributed by atoms with Crippen LogP contribution in [0, 0.1) is 5.41 Å². The zero-order valence-corrected chi connectivity index (χ0v) is 10.5. The minimum atomic E-state index is 0.334. The van der Waals surface area contributed by atoms with Crippen molar-refractivity contribution < 1.29 is 0 Å². The van der Waals surface area contributed by atoms with E-state index in [9.17, 15) is 0 Å². The summed E-state index contributed by atoms with van der Waals surface area (Å²) in [4.78, 5) is 0. The predicted molar refractivity (Wildman–Crippen MR) is 63.8 cm³/mol. The van der Waals surface area contributed by atoms with Crippen LogP contribution in [0.5, 0.6) is 0 Å². The van der Waals surface area contributed by atoms with Crippen LogP contribution in [0.3, 0.4) is 0 Å². The average Bonchev–Trinajstić information content (AvgIpc) is 2.50. The third kappa shape index (κ3) is 4.47. The van der Waals surface area contributed by atoms with Gasteiger partial charge in [0, 0.05) is 25.3 Å². The molecular weight excluding hydrogens is 186 g/mol. The predicted octanol–water partition coefficient (Wildman–Crippen LogP) is 2.60. The molecule has 15 heavy (non-hydrogen) atoms. The van der Waals surface area contributed by atoms with Crippen LogP contribution in [0.4, 0.5) is 0 Å². The largest absolute Gasteiger partial charge is 0.311 e. The molecule has 1 rings (SSSR count). The molecule has 0 saturated heterocycles. The second kappa shape index (κ2) is 4.79. The fraction of sp³-hybridized carbons (Fsp3) is 0.750. The Morgan fingerprint density at radius 3 is 2.53 bits per heavy atom. The van der Waals surface area contributed by atoms with Crippen LogP contribution < -0.4 is 5.32 Å². The number of nitrogens with zero attached hydrogens (tertiary/aromatic N) is 2. The smallest absolute Gasteiger partial charge is 0.0762 e. The zero-order chi connectivity index (χ0) is 11.5. The normalized spacial score (nSPS) is 12.4. The summed E-state index contributed by atoms with van der Waals surface area (Å²) in [6, 6.07) is 2.52. The first-order valence-corrected chi connectivity index (χ1v) is 5.63. The molecule has 1 N–H and O–H groups in total. The lowest BCUT2D eigenvalue weighted by atomic mass is 9.97. The van der Waals surface area contributed by atoms with Crippen molar-refractivity contribution in [1.82, 2.24) is 15.1 Å². The molecule has 86 valence electrons. The van der Waals surface area contributed by atoms with Crippen molar-refractivity contribution in [2.75, 3.05) is 6.54 Å². The molecule has 1 aromatic rings. The van der Waals surface area contributed by atoms with Crippen LogP contribution in [0.15, 0.2) is 12.3 Å². The van der Waals surface area contributed by atoms with Gasteiger partial charge in [-0.2, -0.15) is 5.10 Å². The summed E-state index contributed by atoms with van der Waals surface area (Å²) in [5.41, 5.74) is 1.45. The quantitative estimate of drug-likeness (QED) is 0.826. The molecule has 0 bridgehead atoms. The number of aromatic nitrogens is 2. The number of hydrogen-bond donors (Lipinski definition) is 1. The fourth-order valence-electron chi connectivity index (χ4n) is 1.32. The highest BCUT2D eigenvalue weighted by molar-refractivity contribution is 4.99. The standard InChI is InChI=1S/C12H23N3/c1-10(2)15-7-6-11(14-15)8-13-9-12(3,4)5/h6-7,10,13H,8-9H2,1-5H3. The molecule has 0 saturated carbocycles. The zero-order valence-electron chi connectivity index (χ0n) is 10.5. The van der Waals surface area contributed by atoms with E-state index in [0.29, 0.717) is 11.5 Å². The number of nitrogens with one attached hydrogen (secondary N) is 1. The highest BCUT2D eigenvalue weighted by Gasteiger charge is 2.09. The van der Waals surface area contributed by atoms with E-state index in [2.05, 4.69) is 51.1 Å². The molecule has 0 aromatic carbocycles. The van der Waals surface area contributed by atoms with Crippen LogP contribution in [-0.4, -0.2) is 16.3 Å². The van der Waals surface area contributed by atoms with Gasteiger partial charge >= 0.3 is 0 Å². The maximum absolute atomic E-state index is 4.48.